The summed E-state index contributed by atoms with van der Waals surface area (Å²) in [5, 5.41) is 0. The molecule has 1 aliphatic heterocycles. The molecule has 0 aromatic carbocycles. The fourth-order valence-corrected chi connectivity index (χ4v) is 2.22. The second kappa shape index (κ2) is 6.51. The van der Waals surface area contributed by atoms with Gasteiger partial charge < -0.3 is 14.7 Å². The van der Waals surface area contributed by atoms with Crippen LogP contribution < -0.4 is 4.90 Å². The number of hydrogen-bond donors (Lipinski definition) is 0. The molecule has 0 bridgehead atoms. The second-order valence-electron chi connectivity index (χ2n) is 5.44. The van der Waals surface area contributed by atoms with Crippen LogP contribution in [-0.2, 0) is 11.0 Å². The minimum Gasteiger partial charge on any atom is -0.350 e. The van der Waals surface area contributed by atoms with E-state index in [0.29, 0.717) is 18.9 Å². The Hall–Kier alpha value is -1.83. The molecule has 1 aromatic heterocycles. The molecule has 1 saturated heterocycles. The van der Waals surface area contributed by atoms with Gasteiger partial charge in [0.1, 0.15) is 5.82 Å². The molecule has 0 N–H and O–H groups in total. The minimum absolute atomic E-state index is 0.0442. The van der Waals surface area contributed by atoms with Gasteiger partial charge in [0.05, 0.1) is 12.1 Å². The number of carbonyl (C=O) groups is 1. The number of amides is 1. The first kappa shape index (κ1) is 16.5. The SMILES string of the molecule is CN1CCN(C(=O)CN(C)c2ccc(C(F)(F)F)cn2)CC1. The summed E-state index contributed by atoms with van der Waals surface area (Å²) in [7, 11) is 3.64. The number of anilines is 1. The van der Waals surface area contributed by atoms with Gasteiger partial charge in [0.15, 0.2) is 0 Å². The van der Waals surface area contributed by atoms with Crippen molar-refractivity contribution >= 4 is 11.7 Å². The van der Waals surface area contributed by atoms with Crippen molar-refractivity contribution in [2.24, 2.45) is 0 Å². The first-order valence-corrected chi connectivity index (χ1v) is 6.98. The van der Waals surface area contributed by atoms with Gasteiger partial charge in [-0.05, 0) is 19.2 Å². The van der Waals surface area contributed by atoms with Gasteiger partial charge in [-0.3, -0.25) is 4.79 Å². The number of carbonyl (C=O) groups excluding carboxylic acids is 1. The van der Waals surface area contributed by atoms with Gasteiger partial charge >= 0.3 is 6.18 Å². The lowest BCUT2D eigenvalue weighted by atomic mass is 10.2. The van der Waals surface area contributed by atoms with Gasteiger partial charge in [0, 0.05) is 39.4 Å². The predicted molar refractivity (Wildman–Crippen MR) is 76.6 cm³/mol. The van der Waals surface area contributed by atoms with E-state index < -0.39 is 11.7 Å². The summed E-state index contributed by atoms with van der Waals surface area (Å²) in [5.74, 6) is 0.299. The van der Waals surface area contributed by atoms with Gasteiger partial charge in [0.2, 0.25) is 5.91 Å². The number of halogens is 3. The minimum atomic E-state index is -4.40. The van der Waals surface area contributed by atoms with E-state index >= 15 is 0 Å². The van der Waals surface area contributed by atoms with Crippen molar-refractivity contribution in [3.8, 4) is 0 Å². The topological polar surface area (TPSA) is 39.7 Å². The van der Waals surface area contributed by atoms with Crippen LogP contribution in [0.1, 0.15) is 5.56 Å². The lowest BCUT2D eigenvalue weighted by Gasteiger charge is -2.33. The van der Waals surface area contributed by atoms with E-state index in [1.807, 2.05) is 7.05 Å². The van der Waals surface area contributed by atoms with E-state index in [1.54, 1.807) is 16.8 Å². The van der Waals surface area contributed by atoms with Crippen LogP contribution in [0.2, 0.25) is 0 Å². The van der Waals surface area contributed by atoms with E-state index in [4.69, 9.17) is 0 Å². The molecule has 0 atom stereocenters. The van der Waals surface area contributed by atoms with Crippen LogP contribution in [0.4, 0.5) is 19.0 Å². The molecular formula is C14H19F3N4O. The third-order valence-electron chi connectivity index (χ3n) is 3.69. The summed E-state index contributed by atoms with van der Waals surface area (Å²) in [5.41, 5.74) is -0.796. The summed E-state index contributed by atoms with van der Waals surface area (Å²) in [4.78, 5) is 21.4. The van der Waals surface area contributed by atoms with Crippen molar-refractivity contribution in [1.29, 1.82) is 0 Å². The Balaban J connectivity index is 1.94. The van der Waals surface area contributed by atoms with Crippen molar-refractivity contribution in [2.45, 2.75) is 6.18 Å². The lowest BCUT2D eigenvalue weighted by molar-refractivity contribution is -0.138. The molecular weight excluding hydrogens is 297 g/mol. The third kappa shape index (κ3) is 4.09. The Morgan fingerprint density at radius 2 is 1.91 bits per heavy atom. The second-order valence-corrected chi connectivity index (χ2v) is 5.44. The number of pyridine rings is 1. The maximum absolute atomic E-state index is 12.5. The number of piperazine rings is 1. The quantitative estimate of drug-likeness (QED) is 0.843. The number of aromatic nitrogens is 1. The first-order valence-electron chi connectivity index (χ1n) is 6.98. The van der Waals surface area contributed by atoms with Crippen LogP contribution in [0, 0.1) is 0 Å². The molecule has 0 unspecified atom stereocenters. The lowest BCUT2D eigenvalue weighted by Crippen LogP contribution is -2.49. The number of nitrogens with zero attached hydrogens (tertiary/aromatic N) is 4. The van der Waals surface area contributed by atoms with Crippen molar-refractivity contribution in [3.63, 3.8) is 0 Å². The molecule has 5 nitrogen and oxygen atoms in total. The van der Waals surface area contributed by atoms with Crippen molar-refractivity contribution in [1.82, 2.24) is 14.8 Å². The van der Waals surface area contributed by atoms with Crippen LogP contribution in [0.3, 0.4) is 0 Å². The number of alkyl halides is 3. The summed E-state index contributed by atoms with van der Waals surface area (Å²) < 4.78 is 37.5. The van der Waals surface area contributed by atoms with Gasteiger partial charge in [-0.15, -0.1) is 0 Å². The Bertz CT molecular complexity index is 510. The Morgan fingerprint density at radius 3 is 2.41 bits per heavy atom. The molecule has 122 valence electrons. The van der Waals surface area contributed by atoms with Crippen molar-refractivity contribution in [3.05, 3.63) is 23.9 Å². The molecule has 22 heavy (non-hydrogen) atoms. The summed E-state index contributed by atoms with van der Waals surface area (Å²) in [6.45, 7) is 3.09. The summed E-state index contributed by atoms with van der Waals surface area (Å²) in [6, 6.07) is 2.25. The molecule has 0 aliphatic carbocycles. The highest BCUT2D eigenvalue weighted by Crippen LogP contribution is 2.29. The summed E-state index contributed by atoms with van der Waals surface area (Å²) >= 11 is 0. The average molecular weight is 316 g/mol. The fourth-order valence-electron chi connectivity index (χ4n) is 2.22. The molecule has 0 radical (unpaired) electrons. The monoisotopic (exact) mass is 316 g/mol. The van der Waals surface area contributed by atoms with E-state index in [-0.39, 0.29) is 12.5 Å². The average Bonchev–Trinajstić information content (AvgIpc) is 2.47. The third-order valence-corrected chi connectivity index (χ3v) is 3.69. The van der Waals surface area contributed by atoms with Crippen LogP contribution in [0.15, 0.2) is 18.3 Å². The molecule has 1 aliphatic rings. The Labute approximate surface area is 127 Å². The van der Waals surface area contributed by atoms with Crippen LogP contribution in [0.25, 0.3) is 0 Å². The molecule has 1 aromatic rings. The molecule has 1 fully saturated rings. The number of rotatable bonds is 3. The number of hydrogen-bond acceptors (Lipinski definition) is 4. The zero-order valence-corrected chi connectivity index (χ0v) is 12.6. The van der Waals surface area contributed by atoms with Crippen LogP contribution in [-0.4, -0.2) is 67.5 Å². The zero-order chi connectivity index (χ0) is 16.3. The summed E-state index contributed by atoms with van der Waals surface area (Å²) in [6.07, 6.45) is -3.62. The van der Waals surface area contributed by atoms with Gasteiger partial charge in [-0.25, -0.2) is 4.98 Å². The van der Waals surface area contributed by atoms with Gasteiger partial charge in [0.25, 0.3) is 0 Å². The maximum Gasteiger partial charge on any atom is 0.417 e. The van der Waals surface area contributed by atoms with Crippen molar-refractivity contribution in [2.75, 3.05) is 51.7 Å². The molecule has 0 spiro atoms. The molecule has 8 heteroatoms. The largest absolute Gasteiger partial charge is 0.417 e. The van der Waals surface area contributed by atoms with Crippen LogP contribution in [0.5, 0.6) is 0 Å². The van der Waals surface area contributed by atoms with E-state index in [0.717, 1.165) is 25.4 Å². The van der Waals surface area contributed by atoms with E-state index in [9.17, 15) is 18.0 Å². The zero-order valence-electron chi connectivity index (χ0n) is 12.6. The van der Waals surface area contributed by atoms with Gasteiger partial charge in [-0.1, -0.05) is 0 Å². The molecule has 2 rings (SSSR count). The first-order chi connectivity index (χ1) is 10.3. The molecule has 1 amide bonds. The highest BCUT2D eigenvalue weighted by molar-refractivity contribution is 5.81. The predicted octanol–water partition coefficient (Wildman–Crippen LogP) is 1.31. The normalized spacial score (nSPS) is 16.7. The van der Waals surface area contributed by atoms with Gasteiger partial charge in [-0.2, -0.15) is 13.2 Å². The smallest absolute Gasteiger partial charge is 0.350 e. The van der Waals surface area contributed by atoms with E-state index in [1.165, 1.54) is 6.07 Å². The highest BCUT2D eigenvalue weighted by Gasteiger charge is 2.31. The maximum atomic E-state index is 12.5. The number of likely N-dealkylation sites (N-methyl/N-ethyl adjacent to an activating group) is 2. The Kier molecular flexibility index (Phi) is 4.90. The highest BCUT2D eigenvalue weighted by atomic mass is 19.4. The van der Waals surface area contributed by atoms with E-state index in [2.05, 4.69) is 9.88 Å². The Morgan fingerprint density at radius 1 is 1.27 bits per heavy atom. The van der Waals surface area contributed by atoms with Crippen LogP contribution >= 0.6 is 0 Å². The standard InChI is InChI=1S/C14H19F3N4O/c1-19-5-7-21(8-6-19)13(22)10-20(2)12-4-3-11(9-18-12)14(15,16)17/h3-4,9H,5-8,10H2,1-2H3. The van der Waals surface area contributed by atoms with Crippen molar-refractivity contribution < 1.29 is 18.0 Å². The molecule has 2 heterocycles. The fraction of sp³-hybridized carbons (Fsp3) is 0.571. The molecule has 0 saturated carbocycles.